The second-order valence-corrected chi connectivity index (χ2v) is 6.40. The summed E-state index contributed by atoms with van der Waals surface area (Å²) in [6.45, 7) is 0.457. The third-order valence-corrected chi connectivity index (χ3v) is 4.30. The fourth-order valence-electron chi connectivity index (χ4n) is 2.75. The molecule has 7 nitrogen and oxygen atoms in total. The van der Waals surface area contributed by atoms with Gasteiger partial charge in [-0.1, -0.05) is 12.1 Å². The summed E-state index contributed by atoms with van der Waals surface area (Å²) in [7, 11) is 1.54. The number of nitrogens with zero attached hydrogens (tertiary/aromatic N) is 2. The Kier molecular flexibility index (Phi) is 6.74. The van der Waals surface area contributed by atoms with E-state index in [-0.39, 0.29) is 17.5 Å². The van der Waals surface area contributed by atoms with Crippen molar-refractivity contribution in [1.29, 1.82) is 5.26 Å². The van der Waals surface area contributed by atoms with E-state index in [1.807, 2.05) is 30.3 Å². The van der Waals surface area contributed by atoms with Gasteiger partial charge in [0, 0.05) is 31.4 Å². The number of hydrogen-bond donors (Lipinski definition) is 2. The molecule has 2 amide bonds. The molecule has 3 rings (SSSR count). The number of amides is 2. The van der Waals surface area contributed by atoms with Crippen LogP contribution in [-0.2, 0) is 6.42 Å². The highest BCUT2D eigenvalue weighted by Gasteiger charge is 2.08. The zero-order valence-corrected chi connectivity index (χ0v) is 16.4. The predicted octanol–water partition coefficient (Wildman–Crippen LogP) is 3.08. The minimum absolute atomic E-state index is 0.189. The first kappa shape index (κ1) is 20.6. The zero-order valence-electron chi connectivity index (χ0n) is 16.4. The number of carbonyl (C=O) groups is 2. The molecule has 30 heavy (non-hydrogen) atoms. The number of ether oxygens (including phenoxy) is 1. The summed E-state index contributed by atoms with van der Waals surface area (Å²) >= 11 is 0. The van der Waals surface area contributed by atoms with Crippen LogP contribution in [0.3, 0.4) is 0 Å². The molecule has 0 saturated heterocycles. The normalized spacial score (nSPS) is 10.0. The number of rotatable bonds is 7. The van der Waals surface area contributed by atoms with Crippen molar-refractivity contribution in [2.24, 2.45) is 0 Å². The van der Waals surface area contributed by atoms with Crippen molar-refractivity contribution in [2.75, 3.05) is 13.6 Å². The maximum atomic E-state index is 12.2. The monoisotopic (exact) mass is 400 g/mol. The van der Waals surface area contributed by atoms with E-state index < -0.39 is 0 Å². The Hall–Kier alpha value is -4.18. The number of nitriles is 1. The third kappa shape index (κ3) is 5.42. The highest BCUT2D eigenvalue weighted by molar-refractivity contribution is 5.94. The molecule has 3 aromatic rings. The van der Waals surface area contributed by atoms with Gasteiger partial charge in [-0.2, -0.15) is 5.26 Å². The number of aromatic nitrogens is 1. The van der Waals surface area contributed by atoms with E-state index in [1.165, 1.54) is 6.20 Å². The molecule has 7 heteroatoms. The summed E-state index contributed by atoms with van der Waals surface area (Å²) in [6.07, 6.45) is 2.14. The Morgan fingerprint density at radius 3 is 2.53 bits per heavy atom. The average Bonchev–Trinajstić information content (AvgIpc) is 2.79. The zero-order chi connectivity index (χ0) is 21.3. The Labute approximate surface area is 174 Å². The van der Waals surface area contributed by atoms with Gasteiger partial charge >= 0.3 is 0 Å². The molecule has 0 aliphatic rings. The lowest BCUT2D eigenvalue weighted by atomic mass is 10.1. The summed E-state index contributed by atoms with van der Waals surface area (Å²) in [5.41, 5.74) is 2.29. The van der Waals surface area contributed by atoms with Crippen LogP contribution in [0.25, 0.3) is 0 Å². The molecule has 0 aliphatic carbocycles. The van der Waals surface area contributed by atoms with Crippen molar-refractivity contribution in [3.8, 4) is 17.6 Å². The summed E-state index contributed by atoms with van der Waals surface area (Å²) < 4.78 is 5.84. The molecule has 1 heterocycles. The molecule has 2 aromatic carbocycles. The first-order valence-electron chi connectivity index (χ1n) is 9.32. The maximum Gasteiger partial charge on any atom is 0.269 e. The van der Waals surface area contributed by atoms with Gasteiger partial charge in [-0.25, -0.2) is 0 Å². The Balaban J connectivity index is 1.57. The van der Waals surface area contributed by atoms with Gasteiger partial charge in [0.1, 0.15) is 17.2 Å². The molecule has 0 radical (unpaired) electrons. The topological polar surface area (TPSA) is 104 Å². The lowest BCUT2D eigenvalue weighted by molar-refractivity contribution is 0.0947. The van der Waals surface area contributed by atoms with Crippen molar-refractivity contribution in [3.05, 3.63) is 89.2 Å². The number of nitrogens with one attached hydrogen (secondary N) is 2. The molecule has 1 aromatic heterocycles. The van der Waals surface area contributed by atoms with Crippen LogP contribution in [-0.4, -0.2) is 30.4 Å². The highest BCUT2D eigenvalue weighted by atomic mass is 16.5. The van der Waals surface area contributed by atoms with Gasteiger partial charge in [-0.05, 0) is 54.4 Å². The SMILES string of the molecule is CNC(=O)c1cc(Oc2cccc(CCNC(=O)c3ccc(C#N)cc3)c2)ccn1. The largest absolute Gasteiger partial charge is 0.457 e. The van der Waals surface area contributed by atoms with E-state index in [0.717, 1.165) is 5.56 Å². The third-order valence-electron chi connectivity index (χ3n) is 4.30. The first-order chi connectivity index (χ1) is 14.6. The van der Waals surface area contributed by atoms with Crippen molar-refractivity contribution in [1.82, 2.24) is 15.6 Å². The summed E-state index contributed by atoms with van der Waals surface area (Å²) in [4.78, 5) is 27.9. The van der Waals surface area contributed by atoms with Crippen LogP contribution in [0.15, 0.2) is 66.9 Å². The number of benzene rings is 2. The molecule has 0 atom stereocenters. The van der Waals surface area contributed by atoms with Crippen LogP contribution in [0, 0.1) is 11.3 Å². The molecule has 0 bridgehead atoms. The van der Waals surface area contributed by atoms with Crippen LogP contribution in [0.1, 0.15) is 32.0 Å². The first-order valence-corrected chi connectivity index (χ1v) is 9.32. The maximum absolute atomic E-state index is 12.2. The number of pyridine rings is 1. The van der Waals surface area contributed by atoms with Crippen molar-refractivity contribution >= 4 is 11.8 Å². The van der Waals surface area contributed by atoms with E-state index in [2.05, 4.69) is 15.6 Å². The van der Waals surface area contributed by atoms with Gasteiger partial charge in [0.15, 0.2) is 0 Å². The standard InChI is InChI=1S/C23H20N4O3/c1-25-23(29)21-14-20(10-12-26-21)30-19-4-2-3-16(13-19)9-11-27-22(28)18-7-5-17(15-24)6-8-18/h2-8,10,12-14H,9,11H2,1H3,(H,25,29)(H,27,28). The fraction of sp³-hybridized carbons (Fsp3) is 0.130. The summed E-state index contributed by atoms with van der Waals surface area (Å²) in [5, 5.41) is 14.2. The lowest BCUT2D eigenvalue weighted by Crippen LogP contribution is -2.25. The molecule has 0 aliphatic heterocycles. The molecular weight excluding hydrogens is 380 g/mol. The van der Waals surface area contributed by atoms with E-state index in [0.29, 0.717) is 35.6 Å². The van der Waals surface area contributed by atoms with E-state index in [1.54, 1.807) is 43.4 Å². The quantitative estimate of drug-likeness (QED) is 0.634. The molecule has 0 unspecified atom stereocenters. The van der Waals surface area contributed by atoms with Crippen LogP contribution in [0.5, 0.6) is 11.5 Å². The van der Waals surface area contributed by atoms with Crippen LogP contribution in [0.4, 0.5) is 0 Å². The number of carbonyl (C=O) groups excluding carboxylic acids is 2. The summed E-state index contributed by atoms with van der Waals surface area (Å²) in [6, 6.07) is 19.3. The molecule has 0 fully saturated rings. The lowest BCUT2D eigenvalue weighted by Gasteiger charge is -2.09. The molecular formula is C23H20N4O3. The van der Waals surface area contributed by atoms with Gasteiger partial charge in [-0.15, -0.1) is 0 Å². The Morgan fingerprint density at radius 1 is 1.03 bits per heavy atom. The van der Waals surface area contributed by atoms with Crippen molar-refractivity contribution < 1.29 is 14.3 Å². The van der Waals surface area contributed by atoms with E-state index in [4.69, 9.17) is 10.00 Å². The van der Waals surface area contributed by atoms with Crippen LogP contribution < -0.4 is 15.4 Å². The van der Waals surface area contributed by atoms with E-state index >= 15 is 0 Å². The Morgan fingerprint density at radius 2 is 1.80 bits per heavy atom. The van der Waals surface area contributed by atoms with Crippen LogP contribution >= 0.6 is 0 Å². The van der Waals surface area contributed by atoms with Gasteiger partial charge in [0.25, 0.3) is 11.8 Å². The van der Waals surface area contributed by atoms with Gasteiger partial charge < -0.3 is 15.4 Å². The average molecular weight is 400 g/mol. The van der Waals surface area contributed by atoms with Crippen LogP contribution in [0.2, 0.25) is 0 Å². The minimum atomic E-state index is -0.285. The predicted molar refractivity (Wildman–Crippen MR) is 111 cm³/mol. The molecule has 0 spiro atoms. The second kappa shape index (κ2) is 9.85. The van der Waals surface area contributed by atoms with Gasteiger partial charge in [-0.3, -0.25) is 14.6 Å². The molecule has 0 saturated carbocycles. The van der Waals surface area contributed by atoms with E-state index in [9.17, 15) is 9.59 Å². The Bertz CT molecular complexity index is 1090. The molecule has 2 N–H and O–H groups in total. The molecule has 150 valence electrons. The van der Waals surface area contributed by atoms with Crippen molar-refractivity contribution in [2.45, 2.75) is 6.42 Å². The van der Waals surface area contributed by atoms with Gasteiger partial charge in [0.2, 0.25) is 0 Å². The minimum Gasteiger partial charge on any atom is -0.457 e. The second-order valence-electron chi connectivity index (χ2n) is 6.40. The smallest absolute Gasteiger partial charge is 0.269 e. The number of hydrogen-bond acceptors (Lipinski definition) is 5. The van der Waals surface area contributed by atoms with Crippen molar-refractivity contribution in [3.63, 3.8) is 0 Å². The highest BCUT2D eigenvalue weighted by Crippen LogP contribution is 2.22. The fourth-order valence-corrected chi connectivity index (χ4v) is 2.75. The van der Waals surface area contributed by atoms with Gasteiger partial charge in [0.05, 0.1) is 11.6 Å². The summed E-state index contributed by atoms with van der Waals surface area (Å²) in [5.74, 6) is 0.660.